The maximum absolute atomic E-state index is 13.3. The molecule has 0 spiro atoms. The first kappa shape index (κ1) is 23.1. The van der Waals surface area contributed by atoms with Gasteiger partial charge in [0.05, 0.1) is 6.42 Å². The van der Waals surface area contributed by atoms with Crippen molar-refractivity contribution >= 4 is 50.9 Å². The van der Waals surface area contributed by atoms with Crippen molar-refractivity contribution in [1.82, 2.24) is 10.2 Å². The third-order valence-corrected chi connectivity index (χ3v) is 6.76. The third kappa shape index (κ3) is 5.99. The maximum Gasteiger partial charge on any atom is 0.242 e. The summed E-state index contributed by atoms with van der Waals surface area (Å²) in [6.45, 7) is 2.10. The Bertz CT molecular complexity index is 878. The van der Waals surface area contributed by atoms with Crippen molar-refractivity contribution < 1.29 is 9.59 Å². The van der Waals surface area contributed by atoms with Crippen LogP contribution < -0.4 is 5.32 Å². The van der Waals surface area contributed by atoms with Crippen LogP contribution in [-0.2, 0) is 22.6 Å². The van der Waals surface area contributed by atoms with Gasteiger partial charge >= 0.3 is 0 Å². The molecule has 4 nitrogen and oxygen atoms in total. The van der Waals surface area contributed by atoms with Gasteiger partial charge in [0.25, 0.3) is 0 Å². The third-order valence-electron chi connectivity index (χ3n) is 5.52. The van der Waals surface area contributed by atoms with Crippen molar-refractivity contribution in [2.45, 2.75) is 57.7 Å². The zero-order valence-corrected chi connectivity index (χ0v) is 19.9. The van der Waals surface area contributed by atoms with Crippen LogP contribution in [0.25, 0.3) is 0 Å². The number of hydrogen-bond donors (Lipinski definition) is 1. The van der Waals surface area contributed by atoms with Crippen LogP contribution >= 0.6 is 39.1 Å². The summed E-state index contributed by atoms with van der Waals surface area (Å²) in [4.78, 5) is 27.8. The molecule has 1 N–H and O–H groups in total. The molecule has 1 fully saturated rings. The van der Waals surface area contributed by atoms with E-state index in [1.807, 2.05) is 24.3 Å². The average molecular weight is 512 g/mol. The summed E-state index contributed by atoms with van der Waals surface area (Å²) in [5, 5.41) is 4.00. The summed E-state index contributed by atoms with van der Waals surface area (Å²) in [6.07, 6.45) is 4.29. The fourth-order valence-corrected chi connectivity index (χ4v) is 4.51. The highest BCUT2D eigenvalue weighted by atomic mass is 79.9. The average Bonchev–Trinajstić information content (AvgIpc) is 3.22. The van der Waals surface area contributed by atoms with Crippen LogP contribution in [0, 0.1) is 0 Å². The van der Waals surface area contributed by atoms with Crippen LogP contribution in [0.4, 0.5) is 0 Å². The van der Waals surface area contributed by atoms with Crippen LogP contribution in [-0.4, -0.2) is 28.8 Å². The zero-order chi connectivity index (χ0) is 21.7. The number of hydrogen-bond acceptors (Lipinski definition) is 2. The van der Waals surface area contributed by atoms with Crippen LogP contribution in [0.5, 0.6) is 0 Å². The predicted octanol–water partition coefficient (Wildman–Crippen LogP) is 5.77. The van der Waals surface area contributed by atoms with Gasteiger partial charge in [-0.25, -0.2) is 0 Å². The van der Waals surface area contributed by atoms with Gasteiger partial charge in [0.1, 0.15) is 6.04 Å². The van der Waals surface area contributed by atoms with Gasteiger partial charge in [-0.3, -0.25) is 9.59 Å². The van der Waals surface area contributed by atoms with E-state index in [4.69, 9.17) is 23.2 Å². The summed E-state index contributed by atoms with van der Waals surface area (Å²) in [5.74, 6) is -0.320. The van der Waals surface area contributed by atoms with Crippen molar-refractivity contribution in [3.05, 3.63) is 68.1 Å². The second-order valence-corrected chi connectivity index (χ2v) is 9.42. The molecule has 2 amide bonds. The normalized spacial score (nSPS) is 15.1. The predicted molar refractivity (Wildman–Crippen MR) is 125 cm³/mol. The Morgan fingerprint density at radius 3 is 2.30 bits per heavy atom. The van der Waals surface area contributed by atoms with E-state index in [0.29, 0.717) is 22.2 Å². The Kier molecular flexibility index (Phi) is 8.20. The first-order valence-electron chi connectivity index (χ1n) is 10.1. The number of carbonyl (C=O) groups is 2. The highest BCUT2D eigenvalue weighted by Crippen LogP contribution is 2.26. The Balaban J connectivity index is 1.80. The van der Waals surface area contributed by atoms with Gasteiger partial charge in [-0.2, -0.15) is 0 Å². The summed E-state index contributed by atoms with van der Waals surface area (Å²) < 4.78 is 0.957. The number of amides is 2. The molecule has 160 valence electrons. The van der Waals surface area contributed by atoms with Crippen LogP contribution in [0.3, 0.4) is 0 Å². The molecule has 1 saturated carbocycles. The minimum atomic E-state index is -0.608. The minimum Gasteiger partial charge on any atom is -0.352 e. The molecule has 0 aromatic heterocycles. The Morgan fingerprint density at radius 1 is 1.10 bits per heavy atom. The number of nitrogens with one attached hydrogen (secondary N) is 1. The Hall–Kier alpha value is -1.56. The fourth-order valence-electron chi connectivity index (χ4n) is 3.72. The van der Waals surface area contributed by atoms with Crippen LogP contribution in [0.15, 0.2) is 46.9 Å². The fraction of sp³-hybridized carbons (Fsp3) is 0.391. The van der Waals surface area contributed by atoms with E-state index < -0.39 is 6.04 Å². The minimum absolute atomic E-state index is 0.0378. The first-order valence-corrected chi connectivity index (χ1v) is 11.7. The van der Waals surface area contributed by atoms with Crippen molar-refractivity contribution in [2.75, 3.05) is 0 Å². The SMILES string of the molecule is C[C@@H](C(=O)NC1CCCC1)N(Cc1ccc(Br)cc1)C(=O)Cc1c(Cl)cccc1Cl. The molecular formula is C23H25BrCl2N2O2. The topological polar surface area (TPSA) is 49.4 Å². The van der Waals surface area contributed by atoms with E-state index in [1.165, 1.54) is 0 Å². The molecule has 1 aliphatic carbocycles. The van der Waals surface area contributed by atoms with E-state index in [2.05, 4.69) is 21.2 Å². The highest BCUT2D eigenvalue weighted by molar-refractivity contribution is 9.10. The molecule has 30 heavy (non-hydrogen) atoms. The first-order chi connectivity index (χ1) is 14.3. The molecule has 0 heterocycles. The molecule has 1 atom stereocenters. The van der Waals surface area contributed by atoms with Crippen molar-refractivity contribution in [1.29, 1.82) is 0 Å². The van der Waals surface area contributed by atoms with Gasteiger partial charge in [-0.15, -0.1) is 0 Å². The summed E-state index contributed by atoms with van der Waals surface area (Å²) in [5.41, 5.74) is 1.52. The molecule has 7 heteroatoms. The van der Waals surface area contributed by atoms with E-state index in [1.54, 1.807) is 30.0 Å². The molecule has 1 aliphatic rings. The molecule has 2 aromatic carbocycles. The van der Waals surface area contributed by atoms with Crippen LogP contribution in [0.2, 0.25) is 10.0 Å². The molecule has 0 unspecified atom stereocenters. The smallest absolute Gasteiger partial charge is 0.242 e. The van der Waals surface area contributed by atoms with Gasteiger partial charge in [-0.05, 0) is 55.2 Å². The summed E-state index contributed by atoms with van der Waals surface area (Å²) >= 11 is 16.0. The lowest BCUT2D eigenvalue weighted by atomic mass is 10.1. The van der Waals surface area contributed by atoms with Gasteiger partial charge < -0.3 is 10.2 Å². The van der Waals surface area contributed by atoms with Gasteiger partial charge in [0, 0.05) is 27.1 Å². The second-order valence-electron chi connectivity index (χ2n) is 7.69. The number of nitrogens with zero attached hydrogens (tertiary/aromatic N) is 1. The molecule has 0 radical (unpaired) electrons. The number of carbonyl (C=O) groups excluding carboxylic acids is 2. The molecule has 0 bridgehead atoms. The van der Waals surface area contributed by atoms with E-state index in [9.17, 15) is 9.59 Å². The lowest BCUT2D eigenvalue weighted by Gasteiger charge is -2.30. The van der Waals surface area contributed by atoms with Crippen molar-refractivity contribution in [2.24, 2.45) is 0 Å². The van der Waals surface area contributed by atoms with Gasteiger partial charge in [0.15, 0.2) is 0 Å². The standard InChI is InChI=1S/C23H25BrCl2N2O2/c1-15(23(30)27-18-5-2-3-6-18)28(14-16-9-11-17(24)12-10-16)22(29)13-19-20(25)7-4-8-21(19)26/h4,7-12,15,18H,2-3,5-6,13-14H2,1H3,(H,27,30)/t15-/m0/s1. The molecular weight excluding hydrogens is 487 g/mol. The van der Waals surface area contributed by atoms with E-state index in [-0.39, 0.29) is 24.3 Å². The molecule has 2 aromatic rings. The number of benzene rings is 2. The summed E-state index contributed by atoms with van der Waals surface area (Å²) in [6, 6.07) is 12.5. The maximum atomic E-state index is 13.3. The van der Waals surface area contributed by atoms with E-state index in [0.717, 1.165) is 35.7 Å². The number of halogens is 3. The van der Waals surface area contributed by atoms with Crippen molar-refractivity contribution in [3.8, 4) is 0 Å². The second kappa shape index (κ2) is 10.7. The van der Waals surface area contributed by atoms with Gasteiger partial charge in [0.2, 0.25) is 11.8 Å². The number of rotatable bonds is 7. The lowest BCUT2D eigenvalue weighted by molar-refractivity contribution is -0.140. The van der Waals surface area contributed by atoms with E-state index >= 15 is 0 Å². The summed E-state index contributed by atoms with van der Waals surface area (Å²) in [7, 11) is 0. The molecule has 0 aliphatic heterocycles. The quantitative estimate of drug-likeness (QED) is 0.512. The van der Waals surface area contributed by atoms with Crippen LogP contribution in [0.1, 0.15) is 43.7 Å². The lowest BCUT2D eigenvalue weighted by Crippen LogP contribution is -2.50. The zero-order valence-electron chi connectivity index (χ0n) is 16.8. The largest absolute Gasteiger partial charge is 0.352 e. The highest BCUT2D eigenvalue weighted by Gasteiger charge is 2.29. The van der Waals surface area contributed by atoms with Gasteiger partial charge in [-0.1, -0.05) is 70.2 Å². The monoisotopic (exact) mass is 510 g/mol. The molecule has 0 saturated heterocycles. The van der Waals surface area contributed by atoms with Crippen molar-refractivity contribution in [3.63, 3.8) is 0 Å². The Labute approximate surface area is 196 Å². The molecule has 3 rings (SSSR count). The Morgan fingerprint density at radius 2 is 1.70 bits per heavy atom.